The number of halogens is 1. The lowest BCUT2D eigenvalue weighted by atomic mass is 10.2. The van der Waals surface area contributed by atoms with Crippen molar-refractivity contribution in [2.24, 2.45) is 0 Å². The van der Waals surface area contributed by atoms with Crippen LogP contribution in [0.3, 0.4) is 0 Å². The Kier molecular flexibility index (Phi) is 5.49. The second-order valence-corrected chi connectivity index (χ2v) is 5.71. The predicted molar refractivity (Wildman–Crippen MR) is 92.2 cm³/mol. The smallest absolute Gasteiger partial charge is 0.233 e. The van der Waals surface area contributed by atoms with Gasteiger partial charge in [0.25, 0.3) is 0 Å². The fourth-order valence-electron chi connectivity index (χ4n) is 1.72. The van der Waals surface area contributed by atoms with Gasteiger partial charge < -0.3 is 10.6 Å². The van der Waals surface area contributed by atoms with Crippen LogP contribution in [0.15, 0.2) is 48.5 Å². The second-order valence-electron chi connectivity index (χ2n) is 4.47. The summed E-state index contributed by atoms with van der Waals surface area (Å²) in [6, 6.07) is 15.7. The normalized spacial score (nSPS) is 9.64. The summed E-state index contributed by atoms with van der Waals surface area (Å²) >= 11 is 2.17. The number of nitriles is 1. The first kappa shape index (κ1) is 16.0. The number of nitrogens with one attached hydrogen (secondary N) is 2. The summed E-state index contributed by atoms with van der Waals surface area (Å²) in [5.41, 5.74) is 1.71. The molecule has 0 fully saturated rings. The maximum absolute atomic E-state index is 11.8. The molecule has 0 heterocycles. The van der Waals surface area contributed by atoms with Crippen molar-refractivity contribution in [2.45, 2.75) is 6.42 Å². The molecule has 0 aromatic heterocycles. The molecule has 2 N–H and O–H groups in total. The second kappa shape index (κ2) is 7.56. The van der Waals surface area contributed by atoms with E-state index in [0.717, 1.165) is 3.57 Å². The fraction of sp³-hybridized carbons (Fsp3) is 0.0625. The Bertz CT molecular complexity index is 719. The summed E-state index contributed by atoms with van der Waals surface area (Å²) in [4.78, 5) is 23.6. The molecule has 2 rings (SSSR count). The zero-order valence-electron chi connectivity index (χ0n) is 11.5. The highest BCUT2D eigenvalue weighted by molar-refractivity contribution is 14.1. The number of benzene rings is 2. The highest BCUT2D eigenvalue weighted by Gasteiger charge is 2.10. The highest BCUT2D eigenvalue weighted by Crippen LogP contribution is 2.12. The molecule has 0 saturated heterocycles. The largest absolute Gasteiger partial charge is 0.326 e. The Hall–Kier alpha value is -2.40. The van der Waals surface area contributed by atoms with Crippen molar-refractivity contribution in [3.05, 3.63) is 57.7 Å². The predicted octanol–water partition coefficient (Wildman–Crippen LogP) is 3.13. The number of nitrogens with zero attached hydrogens (tertiary/aromatic N) is 1. The topological polar surface area (TPSA) is 82.0 Å². The molecule has 0 radical (unpaired) electrons. The molecule has 0 bridgehead atoms. The number of anilines is 2. The highest BCUT2D eigenvalue weighted by atomic mass is 127. The minimum absolute atomic E-state index is 0.272. The van der Waals surface area contributed by atoms with E-state index in [-0.39, 0.29) is 12.3 Å². The van der Waals surface area contributed by atoms with Crippen molar-refractivity contribution < 1.29 is 9.59 Å². The molecule has 0 spiro atoms. The first-order chi connectivity index (χ1) is 10.6. The monoisotopic (exact) mass is 405 g/mol. The number of carbonyl (C=O) groups excluding carboxylic acids is 2. The first-order valence-electron chi connectivity index (χ1n) is 6.42. The van der Waals surface area contributed by atoms with E-state index in [0.29, 0.717) is 16.9 Å². The number of rotatable bonds is 4. The molecule has 0 unspecified atom stereocenters. The van der Waals surface area contributed by atoms with E-state index in [1.165, 1.54) is 0 Å². The molecule has 0 saturated carbocycles. The van der Waals surface area contributed by atoms with Crippen LogP contribution in [0.2, 0.25) is 0 Å². The van der Waals surface area contributed by atoms with Crippen molar-refractivity contribution >= 4 is 45.8 Å². The van der Waals surface area contributed by atoms with Crippen LogP contribution in [0.25, 0.3) is 0 Å². The Balaban J connectivity index is 1.86. The molecular weight excluding hydrogens is 393 g/mol. The van der Waals surface area contributed by atoms with Crippen molar-refractivity contribution in [1.29, 1.82) is 5.26 Å². The summed E-state index contributed by atoms with van der Waals surface area (Å²) in [6.45, 7) is 0. The van der Waals surface area contributed by atoms with Crippen molar-refractivity contribution in [2.75, 3.05) is 10.6 Å². The fourth-order valence-corrected chi connectivity index (χ4v) is 2.08. The molecule has 5 nitrogen and oxygen atoms in total. The van der Waals surface area contributed by atoms with Gasteiger partial charge in [0.2, 0.25) is 11.8 Å². The van der Waals surface area contributed by atoms with Crippen molar-refractivity contribution in [3.8, 4) is 6.07 Å². The van der Waals surface area contributed by atoms with Crippen LogP contribution < -0.4 is 10.6 Å². The number of hydrogen-bond donors (Lipinski definition) is 2. The minimum Gasteiger partial charge on any atom is -0.326 e. The maximum Gasteiger partial charge on any atom is 0.233 e. The maximum atomic E-state index is 11.8. The van der Waals surface area contributed by atoms with Gasteiger partial charge in [0, 0.05) is 14.9 Å². The number of carbonyl (C=O) groups is 2. The van der Waals surface area contributed by atoms with Gasteiger partial charge in [0.1, 0.15) is 6.42 Å². The molecule has 2 aromatic rings. The van der Waals surface area contributed by atoms with Gasteiger partial charge in [-0.05, 0) is 71.1 Å². The minimum atomic E-state index is -0.410. The molecule has 6 heteroatoms. The zero-order valence-corrected chi connectivity index (χ0v) is 13.6. The SMILES string of the molecule is N#Cc1ccc(NC(=O)CC(=O)Nc2ccc(I)cc2)cc1. The van der Waals surface area contributed by atoms with E-state index in [2.05, 4.69) is 33.2 Å². The molecule has 22 heavy (non-hydrogen) atoms. The third-order valence-corrected chi connectivity index (χ3v) is 3.47. The lowest BCUT2D eigenvalue weighted by Crippen LogP contribution is -2.21. The summed E-state index contributed by atoms with van der Waals surface area (Å²) in [7, 11) is 0. The van der Waals surface area contributed by atoms with Crippen molar-refractivity contribution in [1.82, 2.24) is 0 Å². The van der Waals surface area contributed by atoms with Gasteiger partial charge in [0.05, 0.1) is 11.6 Å². The average Bonchev–Trinajstić information content (AvgIpc) is 2.50. The summed E-state index contributed by atoms with van der Waals surface area (Å²) < 4.78 is 1.06. The van der Waals surface area contributed by atoms with Crippen LogP contribution in [-0.4, -0.2) is 11.8 Å². The van der Waals surface area contributed by atoms with Gasteiger partial charge in [-0.15, -0.1) is 0 Å². The van der Waals surface area contributed by atoms with E-state index in [1.54, 1.807) is 36.4 Å². The van der Waals surface area contributed by atoms with Crippen LogP contribution in [-0.2, 0) is 9.59 Å². The molecule has 2 aromatic carbocycles. The van der Waals surface area contributed by atoms with Crippen molar-refractivity contribution in [3.63, 3.8) is 0 Å². The number of amides is 2. The van der Waals surface area contributed by atoms with Crippen LogP contribution in [0, 0.1) is 14.9 Å². The van der Waals surface area contributed by atoms with Gasteiger partial charge in [-0.2, -0.15) is 5.26 Å². The van der Waals surface area contributed by atoms with Gasteiger partial charge >= 0.3 is 0 Å². The van der Waals surface area contributed by atoms with E-state index in [9.17, 15) is 9.59 Å². The molecule has 0 aliphatic carbocycles. The Morgan fingerprint density at radius 3 is 1.82 bits per heavy atom. The quantitative estimate of drug-likeness (QED) is 0.606. The zero-order chi connectivity index (χ0) is 15.9. The van der Waals surface area contributed by atoms with Gasteiger partial charge in [0.15, 0.2) is 0 Å². The standard InChI is InChI=1S/C16H12IN3O2/c17-12-3-7-14(8-4-12)20-16(22)9-15(21)19-13-5-1-11(10-18)2-6-13/h1-8H,9H2,(H,19,21)(H,20,22). The number of hydrogen-bond acceptors (Lipinski definition) is 3. The third-order valence-electron chi connectivity index (χ3n) is 2.75. The van der Waals surface area contributed by atoms with Crippen LogP contribution >= 0.6 is 22.6 Å². The van der Waals surface area contributed by atoms with E-state index >= 15 is 0 Å². The lowest BCUT2D eigenvalue weighted by molar-refractivity contribution is -0.123. The molecular formula is C16H12IN3O2. The molecule has 0 aliphatic rings. The molecule has 0 aliphatic heterocycles. The Morgan fingerprint density at radius 2 is 1.36 bits per heavy atom. The molecule has 110 valence electrons. The lowest BCUT2D eigenvalue weighted by Gasteiger charge is -2.07. The van der Waals surface area contributed by atoms with E-state index in [4.69, 9.17) is 5.26 Å². The molecule has 0 atom stereocenters. The van der Waals surface area contributed by atoms with Crippen LogP contribution in [0.5, 0.6) is 0 Å². The van der Waals surface area contributed by atoms with Gasteiger partial charge in [-0.25, -0.2) is 0 Å². The summed E-state index contributed by atoms with van der Waals surface area (Å²) in [6.07, 6.45) is -0.272. The van der Waals surface area contributed by atoms with E-state index in [1.807, 2.05) is 18.2 Å². The molecule has 2 amide bonds. The van der Waals surface area contributed by atoms with E-state index < -0.39 is 5.91 Å². The van der Waals surface area contributed by atoms with Gasteiger partial charge in [-0.1, -0.05) is 0 Å². The summed E-state index contributed by atoms with van der Waals surface area (Å²) in [5, 5.41) is 14.0. The van der Waals surface area contributed by atoms with Gasteiger partial charge in [-0.3, -0.25) is 9.59 Å². The Morgan fingerprint density at radius 1 is 0.909 bits per heavy atom. The van der Waals surface area contributed by atoms with Crippen LogP contribution in [0.4, 0.5) is 11.4 Å². The first-order valence-corrected chi connectivity index (χ1v) is 7.50. The Labute approximate surface area is 141 Å². The summed E-state index contributed by atoms with van der Waals surface area (Å²) in [5.74, 6) is -0.792. The average molecular weight is 405 g/mol. The third kappa shape index (κ3) is 4.86. The van der Waals surface area contributed by atoms with Crippen LogP contribution in [0.1, 0.15) is 12.0 Å².